The molecule has 212 valence electrons. The molecule has 12 heteroatoms. The summed E-state index contributed by atoms with van der Waals surface area (Å²) >= 11 is 6.04. The number of nitrogens with one attached hydrogen (secondary N) is 1. The van der Waals surface area contributed by atoms with Gasteiger partial charge in [-0.25, -0.2) is 18.4 Å². The number of likely N-dealkylation sites (tertiary alicyclic amines) is 1. The highest BCUT2D eigenvalue weighted by molar-refractivity contribution is 6.29. The summed E-state index contributed by atoms with van der Waals surface area (Å²) in [4.78, 5) is 37.1. The van der Waals surface area contributed by atoms with Crippen molar-refractivity contribution in [3.63, 3.8) is 0 Å². The smallest absolute Gasteiger partial charge is 0.280 e. The highest BCUT2D eigenvalue weighted by Crippen LogP contribution is 2.29. The molecule has 4 heterocycles. The van der Waals surface area contributed by atoms with Crippen LogP contribution in [0.15, 0.2) is 59.8 Å². The van der Waals surface area contributed by atoms with Gasteiger partial charge in [0.1, 0.15) is 11.1 Å². The van der Waals surface area contributed by atoms with E-state index >= 15 is 0 Å². The summed E-state index contributed by atoms with van der Waals surface area (Å²) in [6, 6.07) is 10.4. The average molecular weight is 588 g/mol. The first-order chi connectivity index (χ1) is 20.3. The number of fused-ring (bicyclic) bond motifs is 3. The van der Waals surface area contributed by atoms with Crippen molar-refractivity contribution in [2.75, 3.05) is 26.7 Å². The van der Waals surface area contributed by atoms with E-state index in [1.807, 2.05) is 24.5 Å². The third-order valence-corrected chi connectivity index (χ3v) is 7.42. The van der Waals surface area contributed by atoms with Crippen molar-refractivity contribution in [3.8, 4) is 11.8 Å². The van der Waals surface area contributed by atoms with Crippen LogP contribution >= 0.6 is 11.6 Å². The van der Waals surface area contributed by atoms with Crippen molar-refractivity contribution in [2.24, 2.45) is 0 Å². The number of rotatable bonds is 5. The molecule has 0 radical (unpaired) electrons. The van der Waals surface area contributed by atoms with Gasteiger partial charge in [-0.2, -0.15) is 5.10 Å². The second kappa shape index (κ2) is 11.3. The van der Waals surface area contributed by atoms with E-state index in [0.717, 1.165) is 69.9 Å². The number of halogens is 3. The van der Waals surface area contributed by atoms with Crippen LogP contribution in [0.4, 0.5) is 8.78 Å². The molecule has 6 rings (SSSR count). The van der Waals surface area contributed by atoms with E-state index < -0.39 is 23.1 Å². The molecule has 1 saturated heterocycles. The van der Waals surface area contributed by atoms with Crippen LogP contribution in [-0.2, 0) is 6.54 Å². The van der Waals surface area contributed by atoms with E-state index in [1.165, 1.54) is 6.07 Å². The molecule has 0 spiro atoms. The third-order valence-electron chi connectivity index (χ3n) is 7.24. The number of amides is 1. The summed E-state index contributed by atoms with van der Waals surface area (Å²) in [6.07, 6.45) is 4.70. The number of nitrogens with zero attached hydrogens (tertiary/aromatic N) is 6. The molecule has 9 nitrogen and oxygen atoms in total. The van der Waals surface area contributed by atoms with Gasteiger partial charge in [0.05, 0.1) is 36.6 Å². The van der Waals surface area contributed by atoms with Gasteiger partial charge in [0.15, 0.2) is 16.8 Å². The van der Waals surface area contributed by atoms with Gasteiger partial charge in [0.25, 0.3) is 11.5 Å². The average Bonchev–Trinajstić information content (AvgIpc) is 3.61. The molecule has 2 aromatic carbocycles. The normalized spacial score (nSPS) is 15.2. The molecule has 0 saturated carbocycles. The molecule has 1 atom stereocenters. The second-order valence-electron chi connectivity index (χ2n) is 10.2. The molecule has 0 aliphatic carbocycles. The fraction of sp³-hybridized carbons (Fsp3) is 0.233. The number of likely N-dealkylation sites (N-methyl/N-ethyl adjacent to an activating group) is 1. The molecular weight excluding hydrogens is 564 g/mol. The molecule has 1 fully saturated rings. The molecule has 1 aliphatic rings. The lowest BCUT2D eigenvalue weighted by Crippen LogP contribution is -2.34. The molecule has 0 unspecified atom stereocenters. The van der Waals surface area contributed by atoms with Gasteiger partial charge < -0.3 is 14.8 Å². The lowest BCUT2D eigenvalue weighted by Gasteiger charge is -2.14. The van der Waals surface area contributed by atoms with Crippen LogP contribution in [0.5, 0.6) is 0 Å². The topological polar surface area (TPSA) is 97.9 Å². The van der Waals surface area contributed by atoms with E-state index in [4.69, 9.17) is 11.6 Å². The van der Waals surface area contributed by atoms with Crippen LogP contribution in [0.3, 0.4) is 0 Å². The van der Waals surface area contributed by atoms with E-state index in [1.54, 1.807) is 6.20 Å². The van der Waals surface area contributed by atoms with Crippen LogP contribution in [0.1, 0.15) is 33.9 Å². The maximum atomic E-state index is 13.6. The zero-order valence-corrected chi connectivity index (χ0v) is 23.2. The summed E-state index contributed by atoms with van der Waals surface area (Å²) in [5, 5.41) is 7.36. The van der Waals surface area contributed by atoms with Gasteiger partial charge in [0.2, 0.25) is 0 Å². The van der Waals surface area contributed by atoms with Crippen molar-refractivity contribution >= 4 is 39.4 Å². The Morgan fingerprint density at radius 3 is 2.76 bits per heavy atom. The number of imidazole rings is 1. The second-order valence-corrected chi connectivity index (χ2v) is 10.5. The quantitative estimate of drug-likeness (QED) is 0.314. The number of carbonyl (C=O) groups is 1. The fourth-order valence-electron chi connectivity index (χ4n) is 5.17. The van der Waals surface area contributed by atoms with E-state index in [0.29, 0.717) is 6.04 Å². The Hall–Kier alpha value is -4.66. The lowest BCUT2D eigenvalue weighted by atomic mass is 10.1. The third kappa shape index (κ3) is 5.46. The molecule has 3 aromatic heterocycles. The standard InChI is InChI=1S/C30H24ClF2N7O2/c1-38-10-8-20(16-38)39-17-36-26-14-35-25-7-5-18(11-21(25)28(26)39)3-2-9-34-29(41)22-13-27(31)37-40(30(22)42)15-19-4-6-23(32)24(33)12-19/h4-7,11-14,17,20H,8-10,15-16H2,1H3,(H,34,41)/t20-/m0/s1. The molecule has 42 heavy (non-hydrogen) atoms. The first-order valence-electron chi connectivity index (χ1n) is 13.2. The minimum absolute atomic E-state index is 0.0335. The Morgan fingerprint density at radius 1 is 1.12 bits per heavy atom. The monoisotopic (exact) mass is 587 g/mol. The van der Waals surface area contributed by atoms with E-state index in [-0.39, 0.29) is 29.4 Å². The fourth-order valence-corrected chi connectivity index (χ4v) is 5.37. The van der Waals surface area contributed by atoms with Crippen molar-refractivity contribution < 1.29 is 13.6 Å². The molecular formula is C30H24ClF2N7O2. The molecule has 1 amide bonds. The van der Waals surface area contributed by atoms with Crippen molar-refractivity contribution in [1.82, 2.24) is 34.5 Å². The molecule has 1 N–H and O–H groups in total. The first-order valence-corrected chi connectivity index (χ1v) is 13.6. The molecule has 5 aromatic rings. The SMILES string of the molecule is CN1CC[C@H](n2cnc3cnc4ccc(C#CCNC(=O)c5cc(Cl)nn(Cc6ccc(F)c(F)c6)c5=O)cc4c32)C1. The largest absolute Gasteiger partial charge is 0.341 e. The van der Waals surface area contributed by atoms with Gasteiger partial charge in [-0.05, 0) is 62.0 Å². The van der Waals surface area contributed by atoms with Crippen molar-refractivity contribution in [2.45, 2.75) is 19.0 Å². The minimum atomic E-state index is -1.06. The predicted octanol–water partition coefficient (Wildman–Crippen LogP) is 3.78. The Bertz CT molecular complexity index is 1980. The van der Waals surface area contributed by atoms with Gasteiger partial charge in [0, 0.05) is 23.5 Å². The maximum Gasteiger partial charge on any atom is 0.280 e. The van der Waals surface area contributed by atoms with Gasteiger partial charge >= 0.3 is 0 Å². The summed E-state index contributed by atoms with van der Waals surface area (Å²) in [5.41, 5.74) is 2.72. The highest BCUT2D eigenvalue weighted by Gasteiger charge is 2.23. The van der Waals surface area contributed by atoms with Gasteiger partial charge in [-0.1, -0.05) is 29.5 Å². The Kier molecular flexibility index (Phi) is 7.41. The van der Waals surface area contributed by atoms with Gasteiger partial charge in [-0.15, -0.1) is 0 Å². The number of aromatic nitrogens is 5. The zero-order valence-electron chi connectivity index (χ0n) is 22.4. The molecule has 0 bridgehead atoms. The Labute approximate surface area is 243 Å². The number of hydrogen-bond donors (Lipinski definition) is 1. The van der Waals surface area contributed by atoms with Crippen LogP contribution in [-0.4, -0.2) is 61.8 Å². The van der Waals surface area contributed by atoms with Crippen LogP contribution in [0, 0.1) is 23.5 Å². The van der Waals surface area contributed by atoms with E-state index in [2.05, 4.69) is 48.7 Å². The molecule has 1 aliphatic heterocycles. The number of hydrogen-bond acceptors (Lipinski definition) is 6. The van der Waals surface area contributed by atoms with Gasteiger partial charge in [-0.3, -0.25) is 14.6 Å². The number of pyridine rings is 1. The first kappa shape index (κ1) is 27.5. The summed E-state index contributed by atoms with van der Waals surface area (Å²) in [7, 11) is 2.11. The highest BCUT2D eigenvalue weighted by atomic mass is 35.5. The van der Waals surface area contributed by atoms with Crippen molar-refractivity contribution in [3.05, 3.63) is 98.8 Å². The summed E-state index contributed by atoms with van der Waals surface area (Å²) < 4.78 is 30.0. The zero-order chi connectivity index (χ0) is 29.4. The van der Waals surface area contributed by atoms with Crippen molar-refractivity contribution in [1.29, 1.82) is 0 Å². The van der Waals surface area contributed by atoms with Crippen LogP contribution in [0.2, 0.25) is 5.15 Å². The minimum Gasteiger partial charge on any atom is -0.341 e. The maximum absolute atomic E-state index is 13.6. The predicted molar refractivity (Wildman–Crippen MR) is 154 cm³/mol. The number of carbonyl (C=O) groups excluding carboxylic acids is 1. The Morgan fingerprint density at radius 2 is 1.98 bits per heavy atom. The Balaban J connectivity index is 1.19. The summed E-state index contributed by atoms with van der Waals surface area (Å²) in [6.45, 7) is 1.75. The van der Waals surface area contributed by atoms with E-state index in [9.17, 15) is 18.4 Å². The summed E-state index contributed by atoms with van der Waals surface area (Å²) in [5.74, 6) is 3.22. The number of benzene rings is 2. The lowest BCUT2D eigenvalue weighted by molar-refractivity contribution is 0.0956. The van der Waals surface area contributed by atoms with Crippen LogP contribution in [0.25, 0.3) is 21.9 Å². The van der Waals surface area contributed by atoms with Crippen LogP contribution < -0.4 is 10.9 Å².